The van der Waals surface area contributed by atoms with Gasteiger partial charge in [-0.2, -0.15) is 0 Å². The molecule has 0 radical (unpaired) electrons. The van der Waals surface area contributed by atoms with Crippen LogP contribution in [0, 0.1) is 10.1 Å². The highest BCUT2D eigenvalue weighted by atomic mass is 16.6. The van der Waals surface area contributed by atoms with Crippen molar-refractivity contribution in [1.29, 1.82) is 0 Å². The largest absolute Gasteiger partial charge is 0.383 e. The monoisotopic (exact) mass is 162 g/mol. The van der Waals surface area contributed by atoms with E-state index >= 15 is 0 Å². The van der Waals surface area contributed by atoms with Crippen molar-refractivity contribution in [2.45, 2.75) is 0 Å². The lowest BCUT2D eigenvalue weighted by molar-refractivity contribution is -0.467. The Hall–Kier alpha value is -1.17. The van der Waals surface area contributed by atoms with Crippen LogP contribution >= 0.6 is 0 Å². The highest BCUT2D eigenvalue weighted by Crippen LogP contribution is 1.70. The van der Waals surface area contributed by atoms with E-state index in [-0.39, 0.29) is 0 Å². The van der Waals surface area contributed by atoms with Crippen molar-refractivity contribution in [3.8, 4) is 0 Å². The minimum atomic E-state index is -0.678. The average Bonchev–Trinajstić information content (AvgIpc) is 1.86. The zero-order valence-corrected chi connectivity index (χ0v) is 6.20. The number of carbonyl (C=O) groups excluding carboxylic acids is 1. The molecule has 0 heterocycles. The second kappa shape index (κ2) is 5.60. The predicted octanol–water partition coefficient (Wildman–Crippen LogP) is -0.974. The first kappa shape index (κ1) is 9.83. The molecule has 0 aromatic rings. The van der Waals surface area contributed by atoms with Gasteiger partial charge in [0.15, 0.2) is 0 Å². The van der Waals surface area contributed by atoms with Crippen LogP contribution in [-0.2, 0) is 9.53 Å². The van der Waals surface area contributed by atoms with Crippen molar-refractivity contribution in [3.63, 3.8) is 0 Å². The third-order valence-electron chi connectivity index (χ3n) is 0.901. The van der Waals surface area contributed by atoms with Crippen LogP contribution in [-0.4, -0.2) is 37.6 Å². The quantitative estimate of drug-likeness (QED) is 0.320. The molecule has 1 N–H and O–H groups in total. The maximum Gasteiger partial charge on any atom is 0.291 e. The first-order valence-electron chi connectivity index (χ1n) is 3.04. The maximum atomic E-state index is 10.5. The number of hydrogen-bond donors (Lipinski definition) is 1. The number of carbonyl (C=O) groups is 1. The maximum absolute atomic E-state index is 10.5. The van der Waals surface area contributed by atoms with Crippen molar-refractivity contribution in [2.24, 2.45) is 0 Å². The van der Waals surface area contributed by atoms with E-state index < -0.39 is 17.4 Å². The van der Waals surface area contributed by atoms with Gasteiger partial charge >= 0.3 is 0 Å². The number of hydrogen-bond acceptors (Lipinski definition) is 4. The van der Waals surface area contributed by atoms with E-state index in [1.807, 2.05) is 0 Å². The van der Waals surface area contributed by atoms with E-state index in [0.29, 0.717) is 13.2 Å². The van der Waals surface area contributed by atoms with Crippen LogP contribution in [0.15, 0.2) is 0 Å². The summed E-state index contributed by atoms with van der Waals surface area (Å²) in [5.41, 5.74) is 0. The van der Waals surface area contributed by atoms with Gasteiger partial charge in [0.05, 0.1) is 6.61 Å². The van der Waals surface area contributed by atoms with Crippen LogP contribution < -0.4 is 5.32 Å². The Labute approximate surface area is 63.7 Å². The molecule has 0 saturated heterocycles. The summed E-state index contributed by atoms with van der Waals surface area (Å²) in [7, 11) is 1.49. The topological polar surface area (TPSA) is 81.5 Å². The van der Waals surface area contributed by atoms with Crippen LogP contribution in [0.25, 0.3) is 0 Å². The van der Waals surface area contributed by atoms with Crippen LogP contribution in [0.4, 0.5) is 0 Å². The van der Waals surface area contributed by atoms with Gasteiger partial charge in [0, 0.05) is 18.6 Å². The summed E-state index contributed by atoms with van der Waals surface area (Å²) in [6.07, 6.45) is 0. The van der Waals surface area contributed by atoms with Gasteiger partial charge in [-0.05, 0) is 0 Å². The summed E-state index contributed by atoms with van der Waals surface area (Å²) in [5.74, 6) is -0.591. The molecular weight excluding hydrogens is 152 g/mol. The Morgan fingerprint density at radius 3 is 2.82 bits per heavy atom. The van der Waals surface area contributed by atoms with E-state index in [9.17, 15) is 14.9 Å². The lowest BCUT2D eigenvalue weighted by Gasteiger charge is -1.99. The van der Waals surface area contributed by atoms with Crippen molar-refractivity contribution >= 4 is 5.91 Å². The van der Waals surface area contributed by atoms with Gasteiger partial charge in [-0.3, -0.25) is 14.9 Å². The number of nitro groups is 1. The molecule has 64 valence electrons. The molecule has 0 bridgehead atoms. The summed E-state index contributed by atoms with van der Waals surface area (Å²) in [6, 6.07) is 0. The molecule has 0 unspecified atom stereocenters. The fourth-order valence-electron chi connectivity index (χ4n) is 0.466. The first-order valence-corrected chi connectivity index (χ1v) is 3.04. The molecule has 6 nitrogen and oxygen atoms in total. The molecule has 0 fully saturated rings. The smallest absolute Gasteiger partial charge is 0.291 e. The molecule has 0 rings (SSSR count). The van der Waals surface area contributed by atoms with Gasteiger partial charge in [-0.25, -0.2) is 0 Å². The van der Waals surface area contributed by atoms with Gasteiger partial charge in [0.2, 0.25) is 0 Å². The lowest BCUT2D eigenvalue weighted by atomic mass is 10.5. The summed E-state index contributed by atoms with van der Waals surface area (Å²) < 4.78 is 4.61. The molecule has 0 spiro atoms. The molecule has 0 aliphatic heterocycles. The Kier molecular flexibility index (Phi) is 5.01. The fourth-order valence-corrected chi connectivity index (χ4v) is 0.466. The van der Waals surface area contributed by atoms with Crippen LogP contribution in [0.5, 0.6) is 0 Å². The number of ether oxygens (including phenoxy) is 1. The van der Waals surface area contributed by atoms with Gasteiger partial charge in [-0.1, -0.05) is 0 Å². The second-order valence-electron chi connectivity index (χ2n) is 1.83. The molecule has 0 aromatic carbocycles. The minimum Gasteiger partial charge on any atom is -0.383 e. The van der Waals surface area contributed by atoms with Crippen LogP contribution in [0.1, 0.15) is 0 Å². The fraction of sp³-hybridized carbons (Fsp3) is 0.800. The lowest BCUT2D eigenvalue weighted by Crippen LogP contribution is -2.32. The van der Waals surface area contributed by atoms with E-state index in [1.165, 1.54) is 7.11 Å². The minimum absolute atomic E-state index is 0.309. The highest BCUT2D eigenvalue weighted by molar-refractivity contribution is 5.76. The Morgan fingerprint density at radius 2 is 2.36 bits per heavy atom. The predicted molar refractivity (Wildman–Crippen MR) is 36.7 cm³/mol. The molecule has 1 amide bonds. The van der Waals surface area contributed by atoms with Gasteiger partial charge in [0.25, 0.3) is 12.5 Å². The molecule has 11 heavy (non-hydrogen) atoms. The first-order chi connectivity index (χ1) is 5.16. The normalized spacial score (nSPS) is 9.18. The molecular formula is C5H10N2O4. The molecule has 0 atom stereocenters. The third-order valence-corrected chi connectivity index (χ3v) is 0.901. The van der Waals surface area contributed by atoms with Crippen molar-refractivity contribution in [3.05, 3.63) is 10.1 Å². The van der Waals surface area contributed by atoms with Crippen molar-refractivity contribution in [1.82, 2.24) is 5.32 Å². The third kappa shape index (κ3) is 6.72. The molecule has 6 heteroatoms. The highest BCUT2D eigenvalue weighted by Gasteiger charge is 2.06. The Morgan fingerprint density at radius 1 is 1.73 bits per heavy atom. The average molecular weight is 162 g/mol. The summed E-state index contributed by atoms with van der Waals surface area (Å²) in [5, 5.41) is 12.1. The van der Waals surface area contributed by atoms with Crippen molar-refractivity contribution < 1.29 is 14.5 Å². The Bertz CT molecular complexity index is 147. The number of nitrogens with one attached hydrogen (secondary N) is 1. The summed E-state index contributed by atoms with van der Waals surface area (Å²) in [6.45, 7) is -0.00363. The Balaban J connectivity index is 3.30. The number of methoxy groups -OCH3 is 1. The van der Waals surface area contributed by atoms with E-state index in [1.54, 1.807) is 0 Å². The van der Waals surface area contributed by atoms with E-state index in [4.69, 9.17) is 0 Å². The molecule has 0 aromatic heterocycles. The van der Waals surface area contributed by atoms with Crippen molar-refractivity contribution in [2.75, 3.05) is 26.8 Å². The zero-order valence-electron chi connectivity index (χ0n) is 6.20. The number of amides is 1. The van der Waals surface area contributed by atoms with E-state index in [0.717, 1.165) is 0 Å². The van der Waals surface area contributed by atoms with Gasteiger partial charge in [0.1, 0.15) is 0 Å². The SMILES string of the molecule is COCCNC(=O)C[N+](=O)[O-]. The molecule has 0 saturated carbocycles. The van der Waals surface area contributed by atoms with Gasteiger partial charge < -0.3 is 10.1 Å². The number of nitrogens with zero attached hydrogens (tertiary/aromatic N) is 1. The second-order valence-corrected chi connectivity index (χ2v) is 1.83. The number of rotatable bonds is 5. The molecule has 0 aliphatic rings. The zero-order chi connectivity index (χ0) is 8.69. The summed E-state index contributed by atoms with van der Waals surface area (Å²) >= 11 is 0. The standard InChI is InChI=1S/C5H10N2O4/c1-11-3-2-6-5(8)4-7(9)10/h2-4H2,1H3,(H,6,8). The van der Waals surface area contributed by atoms with Gasteiger partial charge in [-0.15, -0.1) is 0 Å². The van der Waals surface area contributed by atoms with Crippen LogP contribution in [0.2, 0.25) is 0 Å². The summed E-state index contributed by atoms with van der Waals surface area (Å²) in [4.78, 5) is 19.6. The van der Waals surface area contributed by atoms with Crippen LogP contribution in [0.3, 0.4) is 0 Å². The molecule has 0 aliphatic carbocycles. The van der Waals surface area contributed by atoms with E-state index in [2.05, 4.69) is 10.1 Å².